The minimum atomic E-state index is 0.238. The van der Waals surface area contributed by atoms with Crippen LogP contribution in [0.5, 0.6) is 0 Å². The minimum Gasteiger partial charge on any atom is -0.399 e. The van der Waals surface area contributed by atoms with Crippen molar-refractivity contribution >= 4 is 11.4 Å². The molecule has 1 aromatic rings. The predicted molar refractivity (Wildman–Crippen MR) is 176 cm³/mol. The molecule has 0 bridgehead atoms. The number of aryl methyl sites for hydroxylation is 1. The van der Waals surface area contributed by atoms with E-state index in [1.807, 2.05) is 12.1 Å². The van der Waals surface area contributed by atoms with Gasteiger partial charge in [-0.1, -0.05) is 73.8 Å². The second-order valence-electron chi connectivity index (χ2n) is 16.8. The lowest BCUT2D eigenvalue weighted by atomic mass is 9.41. The predicted octanol–water partition coefficient (Wildman–Crippen LogP) is 9.93. The Morgan fingerprint density at radius 2 is 1.56 bits per heavy atom. The van der Waals surface area contributed by atoms with Crippen molar-refractivity contribution in [2.75, 3.05) is 18.1 Å². The van der Waals surface area contributed by atoms with E-state index in [1.54, 1.807) is 0 Å². The number of nitrogens with two attached hydrogens (primary N) is 2. The molecule has 1 aromatic carbocycles. The van der Waals surface area contributed by atoms with Gasteiger partial charge < -0.3 is 16.2 Å². The molecule has 4 saturated carbocycles. The van der Waals surface area contributed by atoms with Crippen molar-refractivity contribution in [3.8, 4) is 0 Å². The Bertz CT molecular complexity index is 1030. The molecular formula is C38H64N2O. The van der Waals surface area contributed by atoms with Crippen molar-refractivity contribution in [2.45, 2.75) is 138 Å². The molecule has 0 amide bonds. The summed E-state index contributed by atoms with van der Waals surface area (Å²) in [5.41, 5.74) is 16.1. The molecule has 3 unspecified atom stereocenters. The van der Waals surface area contributed by atoms with Crippen LogP contribution >= 0.6 is 0 Å². The van der Waals surface area contributed by atoms with Gasteiger partial charge in [0.05, 0.1) is 6.10 Å². The van der Waals surface area contributed by atoms with Gasteiger partial charge in [0.15, 0.2) is 0 Å². The number of fused-ring (bicyclic) bond motifs is 5. The highest BCUT2D eigenvalue weighted by Crippen LogP contribution is 2.70. The number of benzene rings is 1. The Balaban J connectivity index is 1.20. The van der Waals surface area contributed by atoms with Crippen LogP contribution in [0.4, 0.5) is 11.4 Å². The molecule has 3 heteroatoms. The van der Waals surface area contributed by atoms with Crippen molar-refractivity contribution in [2.24, 2.45) is 57.7 Å². The molecule has 0 aliphatic heterocycles. The number of hydrogen-bond donors (Lipinski definition) is 2. The van der Waals surface area contributed by atoms with Gasteiger partial charge in [0.2, 0.25) is 0 Å². The quantitative estimate of drug-likeness (QED) is 0.219. The van der Waals surface area contributed by atoms with Gasteiger partial charge in [-0.25, -0.2) is 0 Å². The van der Waals surface area contributed by atoms with E-state index in [-0.39, 0.29) is 5.41 Å². The Hall–Kier alpha value is -1.22. The molecule has 232 valence electrons. The van der Waals surface area contributed by atoms with E-state index in [0.717, 1.165) is 72.2 Å². The largest absolute Gasteiger partial charge is 0.399 e. The van der Waals surface area contributed by atoms with E-state index >= 15 is 0 Å². The Morgan fingerprint density at radius 1 is 0.829 bits per heavy atom. The zero-order valence-corrected chi connectivity index (χ0v) is 27.8. The fraction of sp³-hybridized carbons (Fsp3) is 0.842. The average Bonchev–Trinajstić information content (AvgIpc) is 3.25. The molecule has 4 aliphatic carbocycles. The van der Waals surface area contributed by atoms with Crippen LogP contribution in [0.15, 0.2) is 18.2 Å². The first-order valence-electron chi connectivity index (χ1n) is 17.6. The summed E-state index contributed by atoms with van der Waals surface area (Å²) in [6, 6.07) is 5.92. The molecule has 4 fully saturated rings. The zero-order chi connectivity index (χ0) is 29.6. The molecule has 0 radical (unpaired) electrons. The van der Waals surface area contributed by atoms with Crippen LogP contribution in [-0.4, -0.2) is 12.7 Å². The van der Waals surface area contributed by atoms with Gasteiger partial charge in [-0.15, -0.1) is 0 Å². The first-order chi connectivity index (χ1) is 19.4. The normalized spacial score (nSPS) is 38.7. The molecule has 4 aliphatic rings. The van der Waals surface area contributed by atoms with Crippen molar-refractivity contribution < 1.29 is 4.74 Å². The lowest BCUT2D eigenvalue weighted by Crippen LogP contribution is -2.59. The van der Waals surface area contributed by atoms with Gasteiger partial charge >= 0.3 is 0 Å². The molecule has 0 saturated heterocycles. The standard InChI is InChI=1S/C38H64N2O/c1-25(2)10-8-11-26(3)30-16-17-31-29-15-18-34-36(4,5)35(20-22-38(34,7)32(29)19-21-37(30,31)6)41-23-9-12-27-13-14-28(39)24-33(27)40/h13-14,24-26,29-32,34-35H,8-12,15-23,39-40H2,1-7H3/t26?,29-,30+,31-,32-,34?,35?,37+,38+/m0/s1. The second kappa shape index (κ2) is 12.0. The van der Waals surface area contributed by atoms with E-state index in [0.29, 0.717) is 16.9 Å². The maximum Gasteiger partial charge on any atom is 0.0629 e. The molecular weight excluding hydrogens is 500 g/mol. The topological polar surface area (TPSA) is 61.3 Å². The van der Waals surface area contributed by atoms with E-state index in [1.165, 1.54) is 76.2 Å². The SMILES string of the molecule is CC(C)CCCC(C)[C@H]1CC[C@H]2[C@@H]3CCC4C(C)(C)C(OCCCc5ccc(N)cc5N)CC[C@]4(C)[C@H]3CC[C@]12C. The highest BCUT2D eigenvalue weighted by molar-refractivity contribution is 5.56. The average molecular weight is 565 g/mol. The van der Waals surface area contributed by atoms with Gasteiger partial charge in [-0.05, 0) is 140 Å². The summed E-state index contributed by atoms with van der Waals surface area (Å²) in [7, 11) is 0. The summed E-state index contributed by atoms with van der Waals surface area (Å²) in [6.45, 7) is 18.8. The van der Waals surface area contributed by atoms with E-state index < -0.39 is 0 Å². The lowest BCUT2D eigenvalue weighted by molar-refractivity contribution is -0.190. The van der Waals surface area contributed by atoms with Crippen LogP contribution in [0.3, 0.4) is 0 Å². The van der Waals surface area contributed by atoms with Gasteiger partial charge in [0, 0.05) is 18.0 Å². The van der Waals surface area contributed by atoms with Crippen molar-refractivity contribution in [1.29, 1.82) is 0 Å². The first kappa shape index (κ1) is 31.2. The number of ether oxygens (including phenoxy) is 1. The molecule has 0 spiro atoms. The van der Waals surface area contributed by atoms with Gasteiger partial charge in [0.25, 0.3) is 0 Å². The van der Waals surface area contributed by atoms with Gasteiger partial charge in [-0.3, -0.25) is 0 Å². The molecule has 9 atom stereocenters. The van der Waals surface area contributed by atoms with Gasteiger partial charge in [-0.2, -0.15) is 0 Å². The summed E-state index contributed by atoms with van der Waals surface area (Å²) >= 11 is 0. The van der Waals surface area contributed by atoms with Crippen LogP contribution in [0.1, 0.15) is 131 Å². The smallest absolute Gasteiger partial charge is 0.0629 e. The second-order valence-corrected chi connectivity index (χ2v) is 16.8. The number of anilines is 2. The zero-order valence-electron chi connectivity index (χ0n) is 27.8. The first-order valence-corrected chi connectivity index (χ1v) is 17.6. The summed E-state index contributed by atoms with van der Waals surface area (Å²) < 4.78 is 6.72. The number of rotatable bonds is 10. The van der Waals surface area contributed by atoms with Crippen LogP contribution in [0.25, 0.3) is 0 Å². The van der Waals surface area contributed by atoms with Crippen molar-refractivity contribution in [3.63, 3.8) is 0 Å². The van der Waals surface area contributed by atoms with E-state index in [2.05, 4.69) is 54.5 Å². The highest BCUT2D eigenvalue weighted by Gasteiger charge is 2.63. The third-order valence-corrected chi connectivity index (χ3v) is 13.8. The summed E-state index contributed by atoms with van der Waals surface area (Å²) in [5.74, 6) is 6.32. The van der Waals surface area contributed by atoms with Crippen LogP contribution in [0, 0.1) is 57.7 Å². The fourth-order valence-corrected chi connectivity index (χ4v) is 11.7. The van der Waals surface area contributed by atoms with Crippen LogP contribution < -0.4 is 11.5 Å². The third-order valence-electron chi connectivity index (χ3n) is 13.8. The Morgan fingerprint density at radius 3 is 2.29 bits per heavy atom. The van der Waals surface area contributed by atoms with Crippen LogP contribution in [-0.2, 0) is 11.2 Å². The maximum absolute atomic E-state index is 6.72. The Labute approximate surface area is 253 Å². The molecule has 0 heterocycles. The monoisotopic (exact) mass is 565 g/mol. The number of nitrogen functional groups attached to an aromatic ring is 2. The summed E-state index contributed by atoms with van der Waals surface area (Å²) in [4.78, 5) is 0. The maximum atomic E-state index is 6.72. The summed E-state index contributed by atoms with van der Waals surface area (Å²) in [6.07, 6.45) is 18.0. The van der Waals surface area contributed by atoms with Gasteiger partial charge in [0.1, 0.15) is 0 Å². The molecule has 5 rings (SSSR count). The summed E-state index contributed by atoms with van der Waals surface area (Å²) in [5, 5.41) is 0. The van der Waals surface area contributed by atoms with Crippen LogP contribution in [0.2, 0.25) is 0 Å². The molecule has 41 heavy (non-hydrogen) atoms. The number of hydrogen-bond acceptors (Lipinski definition) is 3. The lowest BCUT2D eigenvalue weighted by Gasteiger charge is -2.65. The molecule has 3 nitrogen and oxygen atoms in total. The van der Waals surface area contributed by atoms with Crippen molar-refractivity contribution in [1.82, 2.24) is 0 Å². The van der Waals surface area contributed by atoms with E-state index in [4.69, 9.17) is 16.2 Å². The van der Waals surface area contributed by atoms with E-state index in [9.17, 15) is 0 Å². The fourth-order valence-electron chi connectivity index (χ4n) is 11.7. The third kappa shape index (κ3) is 5.84. The highest BCUT2D eigenvalue weighted by atomic mass is 16.5. The molecule has 0 aromatic heterocycles. The Kier molecular flexibility index (Phi) is 9.17. The minimum absolute atomic E-state index is 0.238. The molecule has 4 N–H and O–H groups in total. The van der Waals surface area contributed by atoms with Crippen molar-refractivity contribution in [3.05, 3.63) is 23.8 Å².